The van der Waals surface area contributed by atoms with Crippen LogP contribution in [0.15, 0.2) is 43.0 Å². The van der Waals surface area contributed by atoms with Crippen LogP contribution in [0.25, 0.3) is 0 Å². The molecule has 0 amide bonds. The Labute approximate surface area is 87.7 Å². The molecule has 4 heteroatoms. The van der Waals surface area contributed by atoms with Gasteiger partial charge < -0.3 is 5.11 Å². The molecule has 0 aromatic carbocycles. The van der Waals surface area contributed by atoms with E-state index in [4.69, 9.17) is 0 Å². The highest BCUT2D eigenvalue weighted by molar-refractivity contribution is 5.09. The summed E-state index contributed by atoms with van der Waals surface area (Å²) in [5, 5.41) is 9.84. The lowest BCUT2D eigenvalue weighted by Gasteiger charge is -2.08. The third-order valence-electron chi connectivity index (χ3n) is 2.07. The lowest BCUT2D eigenvalue weighted by molar-refractivity contribution is 0.172. The summed E-state index contributed by atoms with van der Waals surface area (Å²) in [5.41, 5.74) is 1.47. The average Bonchev–Trinajstić information content (AvgIpc) is 2.31. The average molecular weight is 201 g/mol. The number of aliphatic hydroxyl groups excluding tert-OH is 1. The molecule has 4 nitrogen and oxygen atoms in total. The summed E-state index contributed by atoms with van der Waals surface area (Å²) in [4.78, 5) is 11.9. The smallest absolute Gasteiger partial charge is 0.115 e. The van der Waals surface area contributed by atoms with Crippen LogP contribution in [0.3, 0.4) is 0 Å². The molecular weight excluding hydrogens is 190 g/mol. The van der Waals surface area contributed by atoms with Crippen molar-refractivity contribution in [1.82, 2.24) is 15.0 Å². The molecular formula is C11H11N3O. The molecule has 0 saturated heterocycles. The van der Waals surface area contributed by atoms with Crippen LogP contribution in [0.2, 0.25) is 0 Å². The van der Waals surface area contributed by atoms with Crippen LogP contribution < -0.4 is 0 Å². The van der Waals surface area contributed by atoms with E-state index in [0.29, 0.717) is 12.1 Å². The van der Waals surface area contributed by atoms with Gasteiger partial charge in [-0.05, 0) is 18.2 Å². The molecule has 0 aliphatic heterocycles. The van der Waals surface area contributed by atoms with E-state index in [-0.39, 0.29) is 0 Å². The van der Waals surface area contributed by atoms with Gasteiger partial charge in [0.1, 0.15) is 12.4 Å². The predicted octanol–water partition coefficient (Wildman–Crippen LogP) is 1.15. The maximum Gasteiger partial charge on any atom is 0.115 e. The van der Waals surface area contributed by atoms with Crippen molar-refractivity contribution < 1.29 is 5.11 Å². The zero-order valence-electron chi connectivity index (χ0n) is 8.11. The van der Waals surface area contributed by atoms with Gasteiger partial charge in [-0.15, -0.1) is 0 Å². The Bertz CT molecular complexity index is 405. The zero-order valence-corrected chi connectivity index (χ0v) is 8.11. The van der Waals surface area contributed by atoms with Crippen molar-refractivity contribution in [3.05, 3.63) is 54.4 Å². The van der Waals surface area contributed by atoms with Gasteiger partial charge in [-0.3, -0.25) is 4.98 Å². The summed E-state index contributed by atoms with van der Waals surface area (Å²) < 4.78 is 0. The Balaban J connectivity index is 2.08. The van der Waals surface area contributed by atoms with Crippen LogP contribution in [0.1, 0.15) is 17.5 Å². The van der Waals surface area contributed by atoms with Gasteiger partial charge in [0.05, 0.1) is 5.69 Å². The van der Waals surface area contributed by atoms with E-state index >= 15 is 0 Å². The second-order valence-corrected chi connectivity index (χ2v) is 3.18. The van der Waals surface area contributed by atoms with Gasteiger partial charge in [0.15, 0.2) is 0 Å². The Morgan fingerprint density at radius 2 is 2.07 bits per heavy atom. The van der Waals surface area contributed by atoms with Crippen LogP contribution >= 0.6 is 0 Å². The molecule has 2 rings (SSSR count). The molecule has 0 saturated carbocycles. The summed E-state index contributed by atoms with van der Waals surface area (Å²) in [5.74, 6) is 0. The van der Waals surface area contributed by atoms with E-state index < -0.39 is 6.10 Å². The molecule has 0 radical (unpaired) electrons. The van der Waals surface area contributed by atoms with Gasteiger partial charge in [-0.1, -0.05) is 6.07 Å². The maximum atomic E-state index is 9.84. The first-order chi connectivity index (χ1) is 7.36. The van der Waals surface area contributed by atoms with Crippen molar-refractivity contribution in [1.29, 1.82) is 0 Å². The van der Waals surface area contributed by atoms with Crippen molar-refractivity contribution in [2.45, 2.75) is 12.5 Å². The number of hydrogen-bond donors (Lipinski definition) is 1. The normalized spacial score (nSPS) is 12.3. The van der Waals surface area contributed by atoms with E-state index in [1.165, 1.54) is 6.33 Å². The van der Waals surface area contributed by atoms with Crippen LogP contribution in [0, 0.1) is 0 Å². The quantitative estimate of drug-likeness (QED) is 0.809. The van der Waals surface area contributed by atoms with E-state index in [0.717, 1.165) is 5.69 Å². The first-order valence-corrected chi connectivity index (χ1v) is 4.70. The second-order valence-electron chi connectivity index (χ2n) is 3.18. The SMILES string of the molecule is OC(Cc1ccccn1)c1ccncn1. The maximum absolute atomic E-state index is 9.84. The van der Waals surface area contributed by atoms with Gasteiger partial charge in [0.2, 0.25) is 0 Å². The molecule has 2 aromatic heterocycles. The van der Waals surface area contributed by atoms with Crippen molar-refractivity contribution in [3.8, 4) is 0 Å². The fraction of sp³-hybridized carbons (Fsp3) is 0.182. The Morgan fingerprint density at radius 1 is 1.13 bits per heavy atom. The number of rotatable bonds is 3. The van der Waals surface area contributed by atoms with Crippen LogP contribution in [-0.2, 0) is 6.42 Å². The summed E-state index contributed by atoms with van der Waals surface area (Å²) in [6.07, 6.45) is 4.60. The highest BCUT2D eigenvalue weighted by atomic mass is 16.3. The number of pyridine rings is 1. The van der Waals surface area contributed by atoms with Crippen molar-refractivity contribution in [2.75, 3.05) is 0 Å². The molecule has 0 aliphatic rings. The molecule has 1 atom stereocenters. The molecule has 2 aromatic rings. The van der Waals surface area contributed by atoms with Crippen molar-refractivity contribution >= 4 is 0 Å². The zero-order chi connectivity index (χ0) is 10.5. The highest BCUT2D eigenvalue weighted by Gasteiger charge is 2.09. The molecule has 1 N–H and O–H groups in total. The fourth-order valence-electron chi connectivity index (χ4n) is 1.32. The molecule has 76 valence electrons. The van der Waals surface area contributed by atoms with Gasteiger partial charge >= 0.3 is 0 Å². The fourth-order valence-corrected chi connectivity index (χ4v) is 1.32. The first kappa shape index (κ1) is 9.73. The van der Waals surface area contributed by atoms with E-state index in [9.17, 15) is 5.11 Å². The molecule has 0 bridgehead atoms. The molecule has 0 aliphatic carbocycles. The van der Waals surface area contributed by atoms with Crippen molar-refractivity contribution in [2.24, 2.45) is 0 Å². The van der Waals surface area contributed by atoms with Gasteiger partial charge in [-0.2, -0.15) is 0 Å². The van der Waals surface area contributed by atoms with E-state index in [2.05, 4.69) is 15.0 Å². The molecule has 0 spiro atoms. The number of hydrogen-bond acceptors (Lipinski definition) is 4. The molecule has 2 heterocycles. The number of nitrogens with zero attached hydrogens (tertiary/aromatic N) is 3. The summed E-state index contributed by atoms with van der Waals surface area (Å²) in [7, 11) is 0. The van der Waals surface area contributed by atoms with E-state index in [1.807, 2.05) is 18.2 Å². The van der Waals surface area contributed by atoms with E-state index in [1.54, 1.807) is 18.5 Å². The third kappa shape index (κ3) is 2.57. The third-order valence-corrected chi connectivity index (χ3v) is 2.07. The predicted molar refractivity (Wildman–Crippen MR) is 54.9 cm³/mol. The molecule has 1 unspecified atom stereocenters. The van der Waals surface area contributed by atoms with Crippen LogP contribution in [0.4, 0.5) is 0 Å². The van der Waals surface area contributed by atoms with Crippen molar-refractivity contribution in [3.63, 3.8) is 0 Å². The minimum absolute atomic E-state index is 0.470. The van der Waals surface area contributed by atoms with Gasteiger partial charge in [0, 0.05) is 24.5 Å². The first-order valence-electron chi connectivity index (χ1n) is 4.70. The lowest BCUT2D eigenvalue weighted by Crippen LogP contribution is -2.05. The molecule has 0 fully saturated rings. The summed E-state index contributed by atoms with van der Waals surface area (Å²) >= 11 is 0. The Kier molecular flexibility index (Phi) is 2.99. The Hall–Kier alpha value is -1.81. The largest absolute Gasteiger partial charge is 0.386 e. The lowest BCUT2D eigenvalue weighted by atomic mass is 10.1. The van der Waals surface area contributed by atoms with Crippen LogP contribution in [-0.4, -0.2) is 20.1 Å². The topological polar surface area (TPSA) is 58.9 Å². The standard InChI is InChI=1S/C11H11N3O/c15-11(10-4-6-12-8-14-10)7-9-3-1-2-5-13-9/h1-6,8,11,15H,7H2. The molecule has 15 heavy (non-hydrogen) atoms. The van der Waals surface area contributed by atoms with Gasteiger partial charge in [-0.25, -0.2) is 9.97 Å². The van der Waals surface area contributed by atoms with Gasteiger partial charge in [0.25, 0.3) is 0 Å². The monoisotopic (exact) mass is 201 g/mol. The minimum atomic E-state index is -0.622. The second kappa shape index (κ2) is 4.61. The number of aromatic nitrogens is 3. The van der Waals surface area contributed by atoms with Crippen LogP contribution in [0.5, 0.6) is 0 Å². The summed E-state index contributed by atoms with van der Waals surface area (Å²) in [6, 6.07) is 7.33. The highest BCUT2D eigenvalue weighted by Crippen LogP contribution is 2.13. The summed E-state index contributed by atoms with van der Waals surface area (Å²) in [6.45, 7) is 0. The minimum Gasteiger partial charge on any atom is -0.386 e. The Morgan fingerprint density at radius 3 is 2.73 bits per heavy atom. The number of aliphatic hydroxyl groups is 1.